The van der Waals surface area contributed by atoms with E-state index in [0.717, 1.165) is 50.7 Å². The summed E-state index contributed by atoms with van der Waals surface area (Å²) in [5, 5.41) is 4.46. The summed E-state index contributed by atoms with van der Waals surface area (Å²) >= 11 is 0. The zero-order chi connectivity index (χ0) is 16.9. The average molecular weight is 333 g/mol. The van der Waals surface area contributed by atoms with Gasteiger partial charge in [0.15, 0.2) is 0 Å². The zero-order valence-electron chi connectivity index (χ0n) is 15.2. The number of hydrogen-bond acceptors (Lipinski definition) is 3. The van der Waals surface area contributed by atoms with Gasteiger partial charge in [-0.1, -0.05) is 19.3 Å². The zero-order valence-corrected chi connectivity index (χ0v) is 15.2. The lowest BCUT2D eigenvalue weighted by atomic mass is 9.88. The third kappa shape index (κ3) is 4.18. The van der Waals surface area contributed by atoms with Crippen LogP contribution in [0.5, 0.6) is 0 Å². The summed E-state index contributed by atoms with van der Waals surface area (Å²) in [4.78, 5) is 15.3. The van der Waals surface area contributed by atoms with Crippen molar-refractivity contribution in [1.29, 1.82) is 0 Å². The monoisotopic (exact) mass is 333 g/mol. The number of aryl methyl sites for hydroxylation is 2. The highest BCUT2D eigenvalue weighted by Gasteiger charge is 2.28. The van der Waals surface area contributed by atoms with Crippen LogP contribution in [0.25, 0.3) is 0 Å². The Bertz CT molecular complexity index is 543. The molecule has 3 rings (SSSR count). The van der Waals surface area contributed by atoms with Gasteiger partial charge < -0.3 is 9.64 Å². The molecule has 0 bridgehead atoms. The van der Waals surface area contributed by atoms with Crippen molar-refractivity contribution in [3.05, 3.63) is 17.5 Å². The molecule has 2 aliphatic rings. The van der Waals surface area contributed by atoms with E-state index in [9.17, 15) is 4.79 Å². The van der Waals surface area contributed by atoms with Gasteiger partial charge in [0.05, 0.1) is 12.3 Å². The van der Waals surface area contributed by atoms with E-state index in [2.05, 4.69) is 10.00 Å². The minimum absolute atomic E-state index is 0.148. The lowest BCUT2D eigenvalue weighted by molar-refractivity contribution is 0.0661. The van der Waals surface area contributed by atoms with Crippen LogP contribution in [0.15, 0.2) is 6.07 Å². The summed E-state index contributed by atoms with van der Waals surface area (Å²) in [6.45, 7) is 8.08. The van der Waals surface area contributed by atoms with Crippen LogP contribution in [-0.2, 0) is 11.3 Å². The molecule has 0 unspecified atom stereocenters. The van der Waals surface area contributed by atoms with Crippen LogP contribution in [0.3, 0.4) is 0 Å². The normalized spacial score (nSPS) is 22.0. The Labute approximate surface area is 145 Å². The SMILES string of the molecule is CCn1nc(C)cc1C(=O)N(CC1CCCCC1)C[C@@H]1CCOC1. The smallest absolute Gasteiger partial charge is 0.272 e. The molecule has 5 heteroatoms. The molecule has 1 aromatic heterocycles. The summed E-state index contributed by atoms with van der Waals surface area (Å²) in [7, 11) is 0. The highest BCUT2D eigenvalue weighted by atomic mass is 16.5. The summed E-state index contributed by atoms with van der Waals surface area (Å²) in [5.41, 5.74) is 1.66. The van der Waals surface area contributed by atoms with Gasteiger partial charge in [-0.3, -0.25) is 9.48 Å². The first-order valence-electron chi connectivity index (χ1n) is 9.58. The molecule has 2 fully saturated rings. The number of aromatic nitrogens is 2. The fourth-order valence-corrected chi connectivity index (χ4v) is 4.08. The van der Waals surface area contributed by atoms with Crippen molar-refractivity contribution in [2.24, 2.45) is 11.8 Å². The van der Waals surface area contributed by atoms with Gasteiger partial charge in [0.2, 0.25) is 0 Å². The Kier molecular flexibility index (Phi) is 5.93. The molecule has 0 aromatic carbocycles. The van der Waals surface area contributed by atoms with Crippen molar-refractivity contribution in [1.82, 2.24) is 14.7 Å². The molecule has 1 atom stereocenters. The maximum absolute atomic E-state index is 13.2. The third-order valence-electron chi connectivity index (χ3n) is 5.41. The van der Waals surface area contributed by atoms with Crippen molar-refractivity contribution in [2.75, 3.05) is 26.3 Å². The van der Waals surface area contributed by atoms with Crippen LogP contribution in [0.1, 0.15) is 61.6 Å². The van der Waals surface area contributed by atoms with Gasteiger partial charge >= 0.3 is 0 Å². The molecular formula is C19H31N3O2. The van der Waals surface area contributed by atoms with Gasteiger partial charge in [-0.05, 0) is 45.1 Å². The van der Waals surface area contributed by atoms with E-state index in [0.29, 0.717) is 11.8 Å². The van der Waals surface area contributed by atoms with E-state index in [-0.39, 0.29) is 5.91 Å². The number of carbonyl (C=O) groups is 1. The molecule has 5 nitrogen and oxygen atoms in total. The molecule has 2 heterocycles. The lowest BCUT2D eigenvalue weighted by Crippen LogP contribution is -2.40. The van der Waals surface area contributed by atoms with Gasteiger partial charge in [-0.2, -0.15) is 5.10 Å². The number of hydrogen-bond donors (Lipinski definition) is 0. The molecule has 1 aliphatic carbocycles. The van der Waals surface area contributed by atoms with E-state index >= 15 is 0 Å². The minimum Gasteiger partial charge on any atom is -0.381 e. The molecule has 1 saturated carbocycles. The van der Waals surface area contributed by atoms with Crippen LogP contribution >= 0.6 is 0 Å². The topological polar surface area (TPSA) is 47.4 Å². The summed E-state index contributed by atoms with van der Waals surface area (Å²) < 4.78 is 7.37. The number of amides is 1. The predicted octanol–water partition coefficient (Wildman–Crippen LogP) is 3.27. The number of ether oxygens (including phenoxy) is 1. The third-order valence-corrected chi connectivity index (χ3v) is 5.41. The fourth-order valence-electron chi connectivity index (χ4n) is 4.08. The predicted molar refractivity (Wildman–Crippen MR) is 94.0 cm³/mol. The van der Waals surface area contributed by atoms with Gasteiger partial charge in [0.1, 0.15) is 5.69 Å². The van der Waals surface area contributed by atoms with Gasteiger partial charge in [-0.15, -0.1) is 0 Å². The highest BCUT2D eigenvalue weighted by Crippen LogP contribution is 2.26. The first-order valence-corrected chi connectivity index (χ1v) is 9.58. The summed E-state index contributed by atoms with van der Waals surface area (Å²) in [6, 6.07) is 1.94. The molecule has 0 N–H and O–H groups in total. The maximum atomic E-state index is 13.2. The summed E-state index contributed by atoms with van der Waals surface area (Å²) in [5.74, 6) is 1.29. The molecular weight excluding hydrogens is 302 g/mol. The van der Waals surface area contributed by atoms with Crippen molar-refractivity contribution < 1.29 is 9.53 Å². The number of nitrogens with zero attached hydrogens (tertiary/aromatic N) is 3. The Morgan fingerprint density at radius 1 is 1.25 bits per heavy atom. The summed E-state index contributed by atoms with van der Waals surface area (Å²) in [6.07, 6.45) is 7.56. The van der Waals surface area contributed by atoms with E-state index in [4.69, 9.17) is 4.74 Å². The quantitative estimate of drug-likeness (QED) is 0.803. The maximum Gasteiger partial charge on any atom is 0.272 e. The Morgan fingerprint density at radius 2 is 2.00 bits per heavy atom. The molecule has 134 valence electrons. The number of rotatable bonds is 6. The molecule has 1 aromatic rings. The standard InChI is InChI=1S/C19H31N3O2/c1-3-22-18(11-15(2)20-22)19(23)21(13-17-9-10-24-14-17)12-16-7-5-4-6-8-16/h11,16-17H,3-10,12-14H2,1-2H3/t17-/m0/s1. The van der Waals surface area contributed by atoms with Gasteiger partial charge in [-0.25, -0.2) is 0 Å². The minimum atomic E-state index is 0.148. The van der Waals surface area contributed by atoms with Crippen molar-refractivity contribution in [3.63, 3.8) is 0 Å². The Hall–Kier alpha value is -1.36. The van der Waals surface area contributed by atoms with Crippen LogP contribution in [0, 0.1) is 18.8 Å². The Morgan fingerprint density at radius 3 is 2.67 bits per heavy atom. The molecule has 24 heavy (non-hydrogen) atoms. The molecule has 1 aliphatic heterocycles. The van der Waals surface area contributed by atoms with Crippen LogP contribution in [0.4, 0.5) is 0 Å². The lowest BCUT2D eigenvalue weighted by Gasteiger charge is -2.31. The van der Waals surface area contributed by atoms with Gasteiger partial charge in [0.25, 0.3) is 5.91 Å². The van der Waals surface area contributed by atoms with Crippen LogP contribution < -0.4 is 0 Å². The first-order chi connectivity index (χ1) is 11.7. The van der Waals surface area contributed by atoms with E-state index in [1.165, 1.54) is 32.1 Å². The second-order valence-corrected chi connectivity index (χ2v) is 7.43. The fraction of sp³-hybridized carbons (Fsp3) is 0.789. The van der Waals surface area contributed by atoms with Crippen LogP contribution in [0.2, 0.25) is 0 Å². The van der Waals surface area contributed by atoms with E-state index in [1.54, 1.807) is 0 Å². The molecule has 0 spiro atoms. The van der Waals surface area contributed by atoms with Crippen molar-refractivity contribution >= 4 is 5.91 Å². The average Bonchev–Trinajstić information content (AvgIpc) is 3.23. The largest absolute Gasteiger partial charge is 0.381 e. The first kappa shape index (κ1) is 17.5. The Balaban J connectivity index is 1.74. The second kappa shape index (κ2) is 8.15. The van der Waals surface area contributed by atoms with E-state index in [1.807, 2.05) is 24.6 Å². The molecule has 1 amide bonds. The van der Waals surface area contributed by atoms with Crippen molar-refractivity contribution in [2.45, 2.75) is 58.9 Å². The van der Waals surface area contributed by atoms with Crippen molar-refractivity contribution in [3.8, 4) is 0 Å². The number of carbonyl (C=O) groups excluding carboxylic acids is 1. The molecule has 0 radical (unpaired) electrons. The highest BCUT2D eigenvalue weighted by molar-refractivity contribution is 5.92. The molecule has 1 saturated heterocycles. The van der Waals surface area contributed by atoms with E-state index < -0.39 is 0 Å². The second-order valence-electron chi connectivity index (χ2n) is 7.43. The van der Waals surface area contributed by atoms with Crippen LogP contribution in [-0.4, -0.2) is 46.9 Å². The van der Waals surface area contributed by atoms with Gasteiger partial charge in [0, 0.05) is 32.2 Å².